The minimum Gasteiger partial charge on any atom is -0.470 e. The van der Waals surface area contributed by atoms with Gasteiger partial charge in [0.2, 0.25) is 11.7 Å². The van der Waals surface area contributed by atoms with Gasteiger partial charge in [0.1, 0.15) is 0 Å². The second-order valence-electron chi connectivity index (χ2n) is 6.92. The Kier molecular flexibility index (Phi) is 6.11. The molecular weight excluding hydrogens is 348 g/mol. The first-order valence-corrected chi connectivity index (χ1v) is 9.23. The van der Waals surface area contributed by atoms with Gasteiger partial charge in [0, 0.05) is 11.7 Å². The Bertz CT molecular complexity index is 744. The van der Waals surface area contributed by atoms with Crippen molar-refractivity contribution < 1.29 is 23.9 Å². The molecule has 0 unspecified atom stereocenters. The van der Waals surface area contributed by atoms with Crippen molar-refractivity contribution in [3.63, 3.8) is 0 Å². The van der Waals surface area contributed by atoms with E-state index in [2.05, 4.69) is 17.6 Å². The maximum absolute atomic E-state index is 12.3. The maximum atomic E-state index is 12.3. The van der Waals surface area contributed by atoms with Crippen molar-refractivity contribution in [2.24, 2.45) is 5.92 Å². The monoisotopic (exact) mass is 372 g/mol. The van der Waals surface area contributed by atoms with Crippen LogP contribution in [0.15, 0.2) is 41.8 Å². The average Bonchev–Trinajstić information content (AvgIpc) is 3.03. The number of para-hydroxylation sites is 1. The van der Waals surface area contributed by atoms with Gasteiger partial charge in [-0.1, -0.05) is 38.0 Å². The SMILES string of the molecule is C[C@@H]1CCCC[C@@H]1NC(=O)COC(=O)C1=C(Nc2ccccc2)OCC1=O. The molecule has 0 saturated heterocycles. The Morgan fingerprint density at radius 2 is 1.93 bits per heavy atom. The van der Waals surface area contributed by atoms with Crippen molar-refractivity contribution in [1.82, 2.24) is 5.32 Å². The van der Waals surface area contributed by atoms with Crippen molar-refractivity contribution in [3.05, 3.63) is 41.8 Å². The van der Waals surface area contributed by atoms with Crippen molar-refractivity contribution in [3.8, 4) is 0 Å². The molecule has 2 N–H and O–H groups in total. The molecule has 1 saturated carbocycles. The second-order valence-corrected chi connectivity index (χ2v) is 6.92. The van der Waals surface area contributed by atoms with Crippen molar-refractivity contribution in [1.29, 1.82) is 0 Å². The van der Waals surface area contributed by atoms with E-state index in [9.17, 15) is 14.4 Å². The van der Waals surface area contributed by atoms with E-state index in [0.29, 0.717) is 11.6 Å². The van der Waals surface area contributed by atoms with Crippen molar-refractivity contribution in [2.45, 2.75) is 38.6 Å². The van der Waals surface area contributed by atoms with Crippen molar-refractivity contribution in [2.75, 3.05) is 18.5 Å². The number of carbonyl (C=O) groups is 3. The number of rotatable bonds is 6. The van der Waals surface area contributed by atoms with Gasteiger partial charge >= 0.3 is 5.97 Å². The third-order valence-corrected chi connectivity index (χ3v) is 4.88. The number of nitrogens with one attached hydrogen (secondary N) is 2. The van der Waals surface area contributed by atoms with E-state index in [0.717, 1.165) is 19.3 Å². The van der Waals surface area contributed by atoms with E-state index >= 15 is 0 Å². The molecule has 3 rings (SSSR count). The highest BCUT2D eigenvalue weighted by atomic mass is 16.5. The number of hydrogen-bond donors (Lipinski definition) is 2. The first-order chi connectivity index (χ1) is 13.0. The van der Waals surface area contributed by atoms with E-state index in [1.807, 2.05) is 18.2 Å². The number of amides is 1. The van der Waals surface area contributed by atoms with Crippen LogP contribution >= 0.6 is 0 Å². The van der Waals surface area contributed by atoms with Crippen LogP contribution in [0.5, 0.6) is 0 Å². The van der Waals surface area contributed by atoms with E-state index in [-0.39, 0.29) is 30.0 Å². The van der Waals surface area contributed by atoms with Crippen LogP contribution in [0.1, 0.15) is 32.6 Å². The average molecular weight is 372 g/mol. The molecule has 0 aromatic heterocycles. The largest absolute Gasteiger partial charge is 0.470 e. The van der Waals surface area contributed by atoms with Crippen molar-refractivity contribution >= 4 is 23.3 Å². The topological polar surface area (TPSA) is 93.7 Å². The molecule has 1 fully saturated rings. The summed E-state index contributed by atoms with van der Waals surface area (Å²) in [6.45, 7) is 1.46. The molecule has 27 heavy (non-hydrogen) atoms. The van der Waals surface area contributed by atoms with E-state index < -0.39 is 18.4 Å². The number of ether oxygens (including phenoxy) is 2. The standard InChI is InChI=1S/C20H24N2O5/c1-13-7-5-6-10-15(13)22-17(24)12-27-20(25)18-16(23)11-26-19(18)21-14-8-3-2-4-9-14/h2-4,8-9,13,15,21H,5-7,10-12H2,1H3,(H,22,24)/t13-,15+/m1/s1. The molecule has 2 atom stereocenters. The summed E-state index contributed by atoms with van der Waals surface area (Å²) >= 11 is 0. The summed E-state index contributed by atoms with van der Waals surface area (Å²) in [4.78, 5) is 36.4. The first-order valence-electron chi connectivity index (χ1n) is 9.23. The van der Waals surface area contributed by atoms with Gasteiger partial charge in [-0.3, -0.25) is 9.59 Å². The Hall–Kier alpha value is -2.83. The van der Waals surface area contributed by atoms with Gasteiger partial charge in [-0.2, -0.15) is 0 Å². The summed E-state index contributed by atoms with van der Waals surface area (Å²) in [5.41, 5.74) is 0.481. The molecule has 7 heteroatoms. The maximum Gasteiger partial charge on any atom is 0.347 e. The minimum absolute atomic E-state index is 0.0533. The van der Waals surface area contributed by atoms with Crippen LogP contribution in [0, 0.1) is 5.92 Å². The lowest BCUT2D eigenvalue weighted by molar-refractivity contribution is -0.146. The van der Waals surface area contributed by atoms with E-state index in [4.69, 9.17) is 9.47 Å². The van der Waals surface area contributed by atoms with E-state index in [1.165, 1.54) is 6.42 Å². The molecule has 1 aliphatic carbocycles. The van der Waals surface area contributed by atoms with E-state index in [1.54, 1.807) is 12.1 Å². The molecular formula is C20H24N2O5. The predicted molar refractivity (Wildman–Crippen MR) is 98.6 cm³/mol. The number of benzene rings is 1. The lowest BCUT2D eigenvalue weighted by atomic mass is 9.86. The summed E-state index contributed by atoms with van der Waals surface area (Å²) in [7, 11) is 0. The molecule has 1 aromatic rings. The van der Waals surface area contributed by atoms with Gasteiger partial charge in [0.15, 0.2) is 18.8 Å². The molecule has 1 heterocycles. The first kappa shape index (κ1) is 18.9. The highest BCUT2D eigenvalue weighted by Crippen LogP contribution is 2.24. The van der Waals surface area contributed by atoms with Gasteiger partial charge in [-0.05, 0) is 30.9 Å². The normalized spacial score (nSPS) is 22.2. The lowest BCUT2D eigenvalue weighted by Gasteiger charge is -2.29. The number of esters is 1. The lowest BCUT2D eigenvalue weighted by Crippen LogP contribution is -2.43. The minimum atomic E-state index is -0.859. The summed E-state index contributed by atoms with van der Waals surface area (Å²) in [5, 5.41) is 5.81. The smallest absolute Gasteiger partial charge is 0.347 e. The molecule has 0 bridgehead atoms. The second kappa shape index (κ2) is 8.70. The van der Waals surface area contributed by atoms with Gasteiger partial charge in [0.25, 0.3) is 5.91 Å². The molecule has 7 nitrogen and oxygen atoms in total. The van der Waals surface area contributed by atoms with Gasteiger partial charge in [-0.15, -0.1) is 0 Å². The molecule has 0 radical (unpaired) electrons. The highest BCUT2D eigenvalue weighted by molar-refractivity contribution is 6.20. The van der Waals surface area contributed by atoms with Gasteiger partial charge in [-0.25, -0.2) is 4.79 Å². The van der Waals surface area contributed by atoms with Crippen LogP contribution in [-0.4, -0.2) is 36.9 Å². The fraction of sp³-hybridized carbons (Fsp3) is 0.450. The fourth-order valence-corrected chi connectivity index (χ4v) is 3.35. The Morgan fingerprint density at radius 1 is 1.19 bits per heavy atom. The highest BCUT2D eigenvalue weighted by Gasteiger charge is 2.33. The summed E-state index contributed by atoms with van der Waals surface area (Å²) < 4.78 is 10.3. The quantitative estimate of drug-likeness (QED) is 0.587. The molecule has 1 aliphatic heterocycles. The number of hydrogen-bond acceptors (Lipinski definition) is 6. The summed E-state index contributed by atoms with van der Waals surface area (Å²) in [5.74, 6) is -1.22. The Labute approximate surface area is 158 Å². The van der Waals surface area contributed by atoms with Crippen LogP contribution in [-0.2, 0) is 23.9 Å². The predicted octanol–water partition coefficient (Wildman–Crippen LogP) is 2.15. The summed E-state index contributed by atoms with van der Waals surface area (Å²) in [6.07, 6.45) is 4.28. The molecule has 144 valence electrons. The number of carbonyl (C=O) groups excluding carboxylic acids is 3. The number of anilines is 1. The molecule has 2 aliphatic rings. The molecule has 1 aromatic carbocycles. The molecule has 0 spiro atoms. The van der Waals surface area contributed by atoms with Crippen LogP contribution in [0.3, 0.4) is 0 Å². The van der Waals surface area contributed by atoms with Crippen LogP contribution in [0.25, 0.3) is 0 Å². The Morgan fingerprint density at radius 3 is 2.67 bits per heavy atom. The molecule has 1 amide bonds. The van der Waals surface area contributed by atoms with Gasteiger partial charge in [0.05, 0.1) is 0 Å². The number of Topliss-reactive ketones (excluding diaryl/α,β-unsaturated/α-hetero) is 1. The summed E-state index contributed by atoms with van der Waals surface area (Å²) in [6, 6.07) is 9.14. The zero-order chi connectivity index (χ0) is 19.2. The number of ketones is 1. The van der Waals surface area contributed by atoms with Crippen LogP contribution < -0.4 is 10.6 Å². The fourth-order valence-electron chi connectivity index (χ4n) is 3.35. The van der Waals surface area contributed by atoms with Gasteiger partial charge < -0.3 is 20.1 Å². The zero-order valence-electron chi connectivity index (χ0n) is 15.3. The Balaban J connectivity index is 1.57. The van der Waals surface area contributed by atoms with Crippen LogP contribution in [0.4, 0.5) is 5.69 Å². The van der Waals surface area contributed by atoms with Crippen LogP contribution in [0.2, 0.25) is 0 Å². The zero-order valence-corrected chi connectivity index (χ0v) is 15.3. The third kappa shape index (κ3) is 4.87. The third-order valence-electron chi connectivity index (χ3n) is 4.88.